The van der Waals surface area contributed by atoms with Crippen molar-refractivity contribution in [3.63, 3.8) is 0 Å². The Bertz CT molecular complexity index is 369. The molecule has 1 atom stereocenters. The molecule has 0 saturated carbocycles. The highest BCUT2D eigenvalue weighted by atomic mass is 32.1. The summed E-state index contributed by atoms with van der Waals surface area (Å²) in [6, 6.07) is 0. The Hall–Kier alpha value is -0.980. The summed E-state index contributed by atoms with van der Waals surface area (Å²) in [4.78, 5) is 19.9. The summed E-state index contributed by atoms with van der Waals surface area (Å²) < 4.78 is 5.45. The van der Waals surface area contributed by atoms with Gasteiger partial charge in [-0.25, -0.2) is 4.98 Å². The fourth-order valence-corrected chi connectivity index (χ4v) is 2.44. The molecule has 1 saturated heterocycles. The maximum atomic E-state index is 12.0. The molecule has 1 unspecified atom stereocenters. The van der Waals surface area contributed by atoms with Crippen LogP contribution in [0.5, 0.6) is 0 Å². The zero-order chi connectivity index (χ0) is 12.3. The number of carbonyl (C=O) groups excluding carboxylic acids is 1. The first-order valence-electron chi connectivity index (χ1n) is 5.67. The second-order valence-electron chi connectivity index (χ2n) is 4.18. The minimum Gasteiger partial charge on any atom is -0.376 e. The summed E-state index contributed by atoms with van der Waals surface area (Å²) >= 11 is 1.47. The van der Waals surface area contributed by atoms with E-state index in [2.05, 4.69) is 9.88 Å². The highest BCUT2D eigenvalue weighted by Crippen LogP contribution is 2.16. The van der Waals surface area contributed by atoms with E-state index in [0.29, 0.717) is 13.2 Å². The minimum absolute atomic E-state index is 0.0778. The number of amides is 1. The molecule has 1 fully saturated rings. The standard InChI is InChI=1S/C11H17N3O2S/c1-9-7-14(4-5-16-9)8-10(15)13(2)11-12-3-6-17-11/h3,6,9H,4-5,7-8H2,1-2H3. The molecule has 5 nitrogen and oxygen atoms in total. The Morgan fingerprint density at radius 3 is 3.24 bits per heavy atom. The van der Waals surface area contributed by atoms with Crippen LogP contribution in [0.1, 0.15) is 6.92 Å². The van der Waals surface area contributed by atoms with Gasteiger partial charge in [0.2, 0.25) is 5.91 Å². The van der Waals surface area contributed by atoms with Crippen LogP contribution in [-0.2, 0) is 9.53 Å². The number of nitrogens with zero attached hydrogens (tertiary/aromatic N) is 3. The largest absolute Gasteiger partial charge is 0.376 e. The number of aromatic nitrogens is 1. The third-order valence-electron chi connectivity index (χ3n) is 2.76. The topological polar surface area (TPSA) is 45.7 Å². The van der Waals surface area contributed by atoms with Crippen molar-refractivity contribution in [3.8, 4) is 0 Å². The number of likely N-dealkylation sites (N-methyl/N-ethyl adjacent to an activating group) is 1. The van der Waals surface area contributed by atoms with Gasteiger partial charge in [-0.15, -0.1) is 11.3 Å². The van der Waals surface area contributed by atoms with Gasteiger partial charge in [-0.2, -0.15) is 0 Å². The summed E-state index contributed by atoms with van der Waals surface area (Å²) in [7, 11) is 1.77. The zero-order valence-electron chi connectivity index (χ0n) is 10.1. The molecule has 1 amide bonds. The smallest absolute Gasteiger partial charge is 0.242 e. The van der Waals surface area contributed by atoms with Crippen molar-refractivity contribution in [1.82, 2.24) is 9.88 Å². The molecule has 17 heavy (non-hydrogen) atoms. The van der Waals surface area contributed by atoms with E-state index in [-0.39, 0.29) is 12.0 Å². The molecule has 1 aliphatic rings. The molecule has 1 aromatic heterocycles. The predicted molar refractivity (Wildman–Crippen MR) is 67.4 cm³/mol. The Kier molecular flexibility index (Phi) is 4.09. The van der Waals surface area contributed by atoms with E-state index < -0.39 is 0 Å². The third-order valence-corrected chi connectivity index (χ3v) is 3.61. The van der Waals surface area contributed by atoms with Gasteiger partial charge < -0.3 is 4.74 Å². The zero-order valence-corrected chi connectivity index (χ0v) is 10.9. The van der Waals surface area contributed by atoms with Crippen LogP contribution in [0.3, 0.4) is 0 Å². The van der Waals surface area contributed by atoms with Crippen molar-refractivity contribution < 1.29 is 9.53 Å². The second-order valence-corrected chi connectivity index (χ2v) is 5.06. The first-order chi connectivity index (χ1) is 8.16. The Morgan fingerprint density at radius 1 is 1.76 bits per heavy atom. The van der Waals surface area contributed by atoms with Gasteiger partial charge in [-0.1, -0.05) is 0 Å². The van der Waals surface area contributed by atoms with Crippen LogP contribution in [0.4, 0.5) is 5.13 Å². The molecule has 0 bridgehead atoms. The average molecular weight is 255 g/mol. The molecule has 0 aliphatic carbocycles. The number of carbonyl (C=O) groups is 1. The van der Waals surface area contributed by atoms with Crippen LogP contribution in [0.2, 0.25) is 0 Å². The van der Waals surface area contributed by atoms with Crippen LogP contribution >= 0.6 is 11.3 Å². The van der Waals surface area contributed by atoms with Crippen LogP contribution in [-0.4, -0.2) is 55.2 Å². The molecule has 94 valence electrons. The second kappa shape index (κ2) is 5.57. The molecular weight excluding hydrogens is 238 g/mol. The van der Waals surface area contributed by atoms with Crippen LogP contribution in [0.15, 0.2) is 11.6 Å². The molecule has 2 heterocycles. The molecule has 1 aromatic rings. The number of ether oxygens (including phenoxy) is 1. The summed E-state index contributed by atoms with van der Waals surface area (Å²) in [5.74, 6) is 0.0778. The van der Waals surface area contributed by atoms with Gasteiger partial charge in [-0.05, 0) is 6.92 Å². The van der Waals surface area contributed by atoms with Crippen molar-refractivity contribution >= 4 is 22.4 Å². The SMILES string of the molecule is CC1CN(CC(=O)N(C)c2nccs2)CCO1. The molecule has 0 aromatic carbocycles. The average Bonchev–Trinajstić information content (AvgIpc) is 2.81. The monoisotopic (exact) mass is 255 g/mol. The van der Waals surface area contributed by atoms with Gasteiger partial charge in [0.05, 0.1) is 19.3 Å². The number of morpholine rings is 1. The first kappa shape index (κ1) is 12.5. The third kappa shape index (κ3) is 3.24. The Labute approximate surface area is 105 Å². The number of thiazole rings is 1. The maximum absolute atomic E-state index is 12.0. The molecule has 0 radical (unpaired) electrons. The Morgan fingerprint density at radius 2 is 2.59 bits per heavy atom. The number of rotatable bonds is 3. The molecule has 0 N–H and O–H groups in total. The van der Waals surface area contributed by atoms with E-state index in [9.17, 15) is 4.79 Å². The summed E-state index contributed by atoms with van der Waals surface area (Å²) in [5, 5.41) is 2.62. The van der Waals surface area contributed by atoms with E-state index >= 15 is 0 Å². The molecule has 2 rings (SSSR count). The predicted octanol–water partition coefficient (Wildman–Crippen LogP) is 0.827. The van der Waals surface area contributed by atoms with Gasteiger partial charge in [0.15, 0.2) is 5.13 Å². The highest BCUT2D eigenvalue weighted by molar-refractivity contribution is 7.13. The lowest BCUT2D eigenvalue weighted by Gasteiger charge is -2.31. The van der Waals surface area contributed by atoms with Crippen molar-refractivity contribution in [1.29, 1.82) is 0 Å². The fourth-order valence-electron chi connectivity index (χ4n) is 1.82. The lowest BCUT2D eigenvalue weighted by Crippen LogP contribution is -2.46. The van der Waals surface area contributed by atoms with E-state index in [1.165, 1.54) is 11.3 Å². The quantitative estimate of drug-likeness (QED) is 0.802. The van der Waals surface area contributed by atoms with Gasteiger partial charge in [0.1, 0.15) is 0 Å². The lowest BCUT2D eigenvalue weighted by atomic mass is 10.3. The summed E-state index contributed by atoms with van der Waals surface area (Å²) in [5.41, 5.74) is 0. The van der Waals surface area contributed by atoms with Gasteiger partial charge in [0.25, 0.3) is 0 Å². The summed E-state index contributed by atoms with van der Waals surface area (Å²) in [6.45, 7) is 4.81. The molecular formula is C11H17N3O2S. The highest BCUT2D eigenvalue weighted by Gasteiger charge is 2.21. The number of hydrogen-bond acceptors (Lipinski definition) is 5. The van der Waals surface area contributed by atoms with Crippen molar-refractivity contribution in [3.05, 3.63) is 11.6 Å². The van der Waals surface area contributed by atoms with E-state index in [1.807, 2.05) is 12.3 Å². The normalized spacial score (nSPS) is 21.4. The van der Waals surface area contributed by atoms with Crippen LogP contribution in [0.25, 0.3) is 0 Å². The maximum Gasteiger partial charge on any atom is 0.242 e. The molecule has 1 aliphatic heterocycles. The van der Waals surface area contributed by atoms with Gasteiger partial charge in [0, 0.05) is 31.7 Å². The molecule has 6 heteroatoms. The van der Waals surface area contributed by atoms with Gasteiger partial charge >= 0.3 is 0 Å². The van der Waals surface area contributed by atoms with E-state index in [0.717, 1.165) is 18.2 Å². The van der Waals surface area contributed by atoms with E-state index in [4.69, 9.17) is 4.74 Å². The van der Waals surface area contributed by atoms with Crippen molar-refractivity contribution in [2.45, 2.75) is 13.0 Å². The van der Waals surface area contributed by atoms with Crippen molar-refractivity contribution in [2.75, 3.05) is 38.2 Å². The molecule has 0 spiro atoms. The van der Waals surface area contributed by atoms with Gasteiger partial charge in [-0.3, -0.25) is 14.6 Å². The minimum atomic E-state index is 0.0778. The van der Waals surface area contributed by atoms with Crippen molar-refractivity contribution in [2.24, 2.45) is 0 Å². The number of anilines is 1. The van der Waals surface area contributed by atoms with Crippen LogP contribution in [0, 0.1) is 0 Å². The number of hydrogen-bond donors (Lipinski definition) is 0. The Balaban J connectivity index is 1.88. The van der Waals surface area contributed by atoms with E-state index in [1.54, 1.807) is 18.1 Å². The fraction of sp³-hybridized carbons (Fsp3) is 0.636. The lowest BCUT2D eigenvalue weighted by molar-refractivity contribution is -0.121. The first-order valence-corrected chi connectivity index (χ1v) is 6.55. The van der Waals surface area contributed by atoms with Crippen LogP contribution < -0.4 is 4.90 Å². The summed E-state index contributed by atoms with van der Waals surface area (Å²) in [6.07, 6.45) is 1.92.